The maximum absolute atomic E-state index is 8.06. The summed E-state index contributed by atoms with van der Waals surface area (Å²) in [5.74, 6) is 0. The summed E-state index contributed by atoms with van der Waals surface area (Å²) in [6.07, 6.45) is 0. The molecule has 142 valence electrons. The third kappa shape index (κ3) is 21.0. The molecule has 0 spiro atoms. The highest BCUT2D eigenvalue weighted by Gasteiger charge is 1.93. The van der Waals surface area contributed by atoms with Gasteiger partial charge in [-0.1, -0.05) is 5.11 Å². The molecular formula is C14H30N4O6. The van der Waals surface area contributed by atoms with Gasteiger partial charge in [0.05, 0.1) is 79.3 Å². The van der Waals surface area contributed by atoms with E-state index in [-0.39, 0.29) is 0 Å². The molecule has 0 bridgehead atoms. The van der Waals surface area contributed by atoms with Crippen LogP contribution in [-0.4, -0.2) is 92.4 Å². The molecule has 0 amide bonds. The van der Waals surface area contributed by atoms with Crippen LogP contribution in [0.3, 0.4) is 0 Å². The number of nitrogens with zero attached hydrogens (tertiary/aromatic N) is 3. The number of azide groups is 1. The minimum atomic E-state index is 0.340. The Kier molecular flexibility index (Phi) is 21.1. The second-order valence-corrected chi connectivity index (χ2v) is 4.42. The topological polar surface area (TPSA) is 130 Å². The van der Waals surface area contributed by atoms with Gasteiger partial charge in [0.2, 0.25) is 0 Å². The molecule has 10 heteroatoms. The van der Waals surface area contributed by atoms with Crippen LogP contribution in [0.5, 0.6) is 0 Å². The van der Waals surface area contributed by atoms with E-state index in [9.17, 15) is 0 Å². The fourth-order valence-electron chi connectivity index (χ4n) is 1.44. The maximum Gasteiger partial charge on any atom is 0.0701 e. The Morgan fingerprint density at radius 3 is 1.25 bits per heavy atom. The Hall–Kier alpha value is -0.970. The molecule has 0 aromatic carbocycles. The van der Waals surface area contributed by atoms with Crippen molar-refractivity contribution in [3.05, 3.63) is 10.4 Å². The zero-order valence-electron chi connectivity index (χ0n) is 14.3. The summed E-state index contributed by atoms with van der Waals surface area (Å²) < 4.78 is 31.7. The van der Waals surface area contributed by atoms with Gasteiger partial charge in [-0.2, -0.15) is 0 Å². The lowest BCUT2D eigenvalue weighted by Gasteiger charge is -2.08. The molecule has 0 atom stereocenters. The fourth-order valence-corrected chi connectivity index (χ4v) is 1.44. The van der Waals surface area contributed by atoms with Crippen molar-refractivity contribution in [1.82, 2.24) is 0 Å². The Balaban J connectivity index is 2.96. The van der Waals surface area contributed by atoms with Gasteiger partial charge in [-0.25, -0.2) is 0 Å². The van der Waals surface area contributed by atoms with E-state index in [0.29, 0.717) is 92.4 Å². The van der Waals surface area contributed by atoms with E-state index < -0.39 is 0 Å². The lowest BCUT2D eigenvalue weighted by Crippen LogP contribution is -2.15. The van der Waals surface area contributed by atoms with Crippen LogP contribution in [0.2, 0.25) is 0 Å². The lowest BCUT2D eigenvalue weighted by atomic mass is 10.6. The summed E-state index contributed by atoms with van der Waals surface area (Å²) in [5, 5.41) is 3.35. The maximum atomic E-state index is 8.06. The number of rotatable bonds is 20. The quantitative estimate of drug-likeness (QED) is 0.145. The van der Waals surface area contributed by atoms with Crippen molar-refractivity contribution in [3.8, 4) is 0 Å². The standard InChI is InChI=1S/C14H30N4O6/c15-1-3-19-5-7-21-9-11-23-13-14-24-12-10-22-8-6-20-4-2-17-18-16/h1-15H2. The van der Waals surface area contributed by atoms with E-state index in [1.54, 1.807) is 0 Å². The Morgan fingerprint density at radius 2 is 0.917 bits per heavy atom. The normalized spacial score (nSPS) is 10.7. The smallest absolute Gasteiger partial charge is 0.0701 e. The lowest BCUT2D eigenvalue weighted by molar-refractivity contribution is -0.0160. The van der Waals surface area contributed by atoms with Gasteiger partial charge in [0.25, 0.3) is 0 Å². The van der Waals surface area contributed by atoms with E-state index in [1.165, 1.54) is 0 Å². The number of hydrogen-bond donors (Lipinski definition) is 1. The molecule has 0 heterocycles. The van der Waals surface area contributed by atoms with Gasteiger partial charge in [-0.15, -0.1) is 0 Å². The van der Waals surface area contributed by atoms with Gasteiger partial charge < -0.3 is 34.2 Å². The largest absolute Gasteiger partial charge is 0.379 e. The minimum Gasteiger partial charge on any atom is -0.379 e. The molecule has 0 aliphatic carbocycles. The fraction of sp³-hybridized carbons (Fsp3) is 1.00. The first kappa shape index (κ1) is 23.0. The summed E-state index contributed by atoms with van der Waals surface area (Å²) in [4.78, 5) is 2.62. The molecule has 0 aliphatic rings. The van der Waals surface area contributed by atoms with E-state index >= 15 is 0 Å². The number of hydrogen-bond acceptors (Lipinski definition) is 8. The molecule has 2 N–H and O–H groups in total. The van der Waals surface area contributed by atoms with Crippen molar-refractivity contribution >= 4 is 0 Å². The van der Waals surface area contributed by atoms with Crippen LogP contribution in [0.4, 0.5) is 0 Å². The van der Waals surface area contributed by atoms with Gasteiger partial charge in [0, 0.05) is 18.0 Å². The van der Waals surface area contributed by atoms with Gasteiger partial charge in [-0.05, 0) is 5.53 Å². The van der Waals surface area contributed by atoms with Gasteiger partial charge in [-0.3, -0.25) is 0 Å². The van der Waals surface area contributed by atoms with Crippen LogP contribution in [0.15, 0.2) is 5.11 Å². The van der Waals surface area contributed by atoms with Crippen molar-refractivity contribution in [2.75, 3.05) is 92.4 Å². The third-order valence-corrected chi connectivity index (χ3v) is 2.52. The molecule has 0 fully saturated rings. The average Bonchev–Trinajstić information content (AvgIpc) is 2.60. The predicted molar refractivity (Wildman–Crippen MR) is 88.0 cm³/mol. The first-order valence-corrected chi connectivity index (χ1v) is 8.09. The molecule has 0 rings (SSSR count). The first-order chi connectivity index (χ1) is 11.9. The SMILES string of the molecule is [N-]=[N+]=NCCOCCOCCOCCOCCOCCOCCN. The minimum absolute atomic E-state index is 0.340. The molecule has 0 aromatic rings. The molecular weight excluding hydrogens is 320 g/mol. The van der Waals surface area contributed by atoms with Crippen LogP contribution in [0.1, 0.15) is 0 Å². The average molecular weight is 350 g/mol. The van der Waals surface area contributed by atoms with E-state index in [0.717, 1.165) is 0 Å². The van der Waals surface area contributed by atoms with Gasteiger partial charge in [0.15, 0.2) is 0 Å². The monoisotopic (exact) mass is 350 g/mol. The first-order valence-electron chi connectivity index (χ1n) is 8.09. The highest BCUT2D eigenvalue weighted by molar-refractivity contribution is 4.44. The zero-order chi connectivity index (χ0) is 17.6. The highest BCUT2D eigenvalue weighted by atomic mass is 16.6. The molecule has 0 saturated carbocycles. The molecule has 0 saturated heterocycles. The summed E-state index contributed by atoms with van der Waals surface area (Å²) in [5.41, 5.74) is 13.3. The van der Waals surface area contributed by atoms with Crippen molar-refractivity contribution in [1.29, 1.82) is 0 Å². The van der Waals surface area contributed by atoms with E-state index in [2.05, 4.69) is 10.0 Å². The number of ether oxygens (including phenoxy) is 6. The molecule has 0 aliphatic heterocycles. The summed E-state index contributed by atoms with van der Waals surface area (Å²) in [6.45, 7) is 7.03. The molecule has 0 unspecified atom stereocenters. The zero-order valence-corrected chi connectivity index (χ0v) is 14.3. The molecule has 0 aromatic heterocycles. The Bertz CT molecular complexity index is 292. The Labute approximate surface area is 143 Å². The van der Waals surface area contributed by atoms with Crippen molar-refractivity contribution in [2.45, 2.75) is 0 Å². The second kappa shape index (κ2) is 22.0. The van der Waals surface area contributed by atoms with Gasteiger partial charge in [0.1, 0.15) is 0 Å². The number of nitrogens with two attached hydrogens (primary N) is 1. The summed E-state index contributed by atoms with van der Waals surface area (Å²) in [6, 6.07) is 0. The van der Waals surface area contributed by atoms with Crippen molar-refractivity contribution in [2.24, 2.45) is 10.8 Å². The van der Waals surface area contributed by atoms with Crippen molar-refractivity contribution in [3.63, 3.8) is 0 Å². The molecule has 24 heavy (non-hydrogen) atoms. The van der Waals surface area contributed by atoms with Crippen LogP contribution < -0.4 is 5.73 Å². The van der Waals surface area contributed by atoms with Crippen LogP contribution >= 0.6 is 0 Å². The molecule has 10 nitrogen and oxygen atoms in total. The van der Waals surface area contributed by atoms with Crippen molar-refractivity contribution < 1.29 is 28.4 Å². The van der Waals surface area contributed by atoms with Gasteiger partial charge >= 0.3 is 0 Å². The summed E-state index contributed by atoms with van der Waals surface area (Å²) >= 11 is 0. The van der Waals surface area contributed by atoms with Crippen LogP contribution in [-0.2, 0) is 28.4 Å². The second-order valence-electron chi connectivity index (χ2n) is 4.42. The van der Waals surface area contributed by atoms with Crippen LogP contribution in [0.25, 0.3) is 10.4 Å². The third-order valence-electron chi connectivity index (χ3n) is 2.52. The highest BCUT2D eigenvalue weighted by Crippen LogP contribution is 1.84. The predicted octanol–water partition coefficient (Wildman–Crippen LogP) is 0.355. The summed E-state index contributed by atoms with van der Waals surface area (Å²) in [7, 11) is 0. The van der Waals surface area contributed by atoms with E-state index in [1.807, 2.05) is 0 Å². The van der Waals surface area contributed by atoms with Crippen LogP contribution in [0, 0.1) is 0 Å². The Morgan fingerprint density at radius 1 is 0.583 bits per heavy atom. The molecule has 0 radical (unpaired) electrons. The van der Waals surface area contributed by atoms with E-state index in [4.69, 9.17) is 39.7 Å².